The van der Waals surface area contributed by atoms with E-state index in [9.17, 15) is 4.39 Å². The summed E-state index contributed by atoms with van der Waals surface area (Å²) in [6.45, 7) is -0.0964. The molecule has 1 aromatic carbocycles. The quantitative estimate of drug-likeness (QED) is 0.740. The summed E-state index contributed by atoms with van der Waals surface area (Å²) in [5.41, 5.74) is 0.211. The Kier molecular flexibility index (Phi) is 3.91. The number of hydrogen-bond donors (Lipinski definition) is 0. The molecule has 1 rings (SSSR count). The van der Waals surface area contributed by atoms with Gasteiger partial charge in [0.2, 0.25) is 0 Å². The molecule has 0 radical (unpaired) electrons. The van der Waals surface area contributed by atoms with Crippen molar-refractivity contribution in [2.75, 3.05) is 6.61 Å². The minimum absolute atomic E-state index is 0.0186. The number of nitrogens with zero attached hydrogens (tertiary/aromatic N) is 2. The summed E-state index contributed by atoms with van der Waals surface area (Å²) in [4.78, 5) is 0. The first-order valence-corrected chi connectivity index (χ1v) is 4.47. The maximum atomic E-state index is 13.2. The van der Waals surface area contributed by atoms with Gasteiger partial charge in [0.25, 0.3) is 0 Å². The van der Waals surface area contributed by atoms with Crippen molar-refractivity contribution in [2.24, 2.45) is 0 Å². The predicted molar refractivity (Wildman–Crippen MR) is 51.9 cm³/mol. The molecule has 1 unspecified atom stereocenters. The van der Waals surface area contributed by atoms with Crippen molar-refractivity contribution in [3.63, 3.8) is 0 Å². The Morgan fingerprint density at radius 1 is 1.47 bits per heavy atom. The summed E-state index contributed by atoms with van der Waals surface area (Å²) >= 11 is 5.47. The number of hydrogen-bond acceptors (Lipinski definition) is 3. The molecule has 5 heteroatoms. The van der Waals surface area contributed by atoms with Gasteiger partial charge < -0.3 is 4.74 Å². The average molecular weight is 225 g/mol. The number of halogens is 2. The van der Waals surface area contributed by atoms with Crippen molar-refractivity contribution in [3.8, 4) is 17.9 Å². The van der Waals surface area contributed by atoms with Gasteiger partial charge in [0.1, 0.15) is 6.61 Å². The van der Waals surface area contributed by atoms with Crippen molar-refractivity contribution in [2.45, 2.75) is 5.38 Å². The van der Waals surface area contributed by atoms with Crippen LogP contribution in [-0.2, 0) is 0 Å². The van der Waals surface area contributed by atoms with E-state index in [0.29, 0.717) is 0 Å². The van der Waals surface area contributed by atoms with Crippen LogP contribution in [0.1, 0.15) is 5.56 Å². The van der Waals surface area contributed by atoms with E-state index < -0.39 is 11.2 Å². The zero-order chi connectivity index (χ0) is 11.3. The highest BCUT2D eigenvalue weighted by Crippen LogP contribution is 2.18. The van der Waals surface area contributed by atoms with Crippen molar-refractivity contribution in [3.05, 3.63) is 29.6 Å². The van der Waals surface area contributed by atoms with E-state index in [2.05, 4.69) is 0 Å². The lowest BCUT2D eigenvalue weighted by atomic mass is 10.2. The van der Waals surface area contributed by atoms with Crippen LogP contribution in [0.15, 0.2) is 18.2 Å². The fourth-order valence-corrected chi connectivity index (χ4v) is 0.951. The molecule has 0 saturated heterocycles. The smallest absolute Gasteiger partial charge is 0.166 e. The highest BCUT2D eigenvalue weighted by atomic mass is 35.5. The fourth-order valence-electron chi connectivity index (χ4n) is 0.888. The van der Waals surface area contributed by atoms with Gasteiger partial charge in [0, 0.05) is 0 Å². The second kappa shape index (κ2) is 5.19. The first-order chi connectivity index (χ1) is 7.17. The second-order valence-electron chi connectivity index (χ2n) is 2.66. The molecule has 0 aromatic heterocycles. The van der Waals surface area contributed by atoms with E-state index in [1.807, 2.05) is 0 Å². The van der Waals surface area contributed by atoms with Crippen LogP contribution in [0.4, 0.5) is 4.39 Å². The molecule has 0 fully saturated rings. The Balaban J connectivity index is 2.72. The van der Waals surface area contributed by atoms with Crippen LogP contribution in [0, 0.1) is 28.5 Å². The van der Waals surface area contributed by atoms with Crippen LogP contribution >= 0.6 is 11.6 Å². The maximum absolute atomic E-state index is 13.2. The molecule has 0 aliphatic heterocycles. The van der Waals surface area contributed by atoms with Crippen molar-refractivity contribution in [1.82, 2.24) is 0 Å². The second-order valence-corrected chi connectivity index (χ2v) is 3.19. The number of ether oxygens (including phenoxy) is 1. The van der Waals surface area contributed by atoms with Crippen molar-refractivity contribution < 1.29 is 9.13 Å². The van der Waals surface area contributed by atoms with Crippen LogP contribution in [0.2, 0.25) is 0 Å². The van der Waals surface area contributed by atoms with Gasteiger partial charge in [0.15, 0.2) is 16.9 Å². The molecule has 0 aliphatic carbocycles. The van der Waals surface area contributed by atoms with Crippen LogP contribution in [0.5, 0.6) is 5.75 Å². The van der Waals surface area contributed by atoms with Crippen LogP contribution in [0.25, 0.3) is 0 Å². The Bertz CT molecular complexity index is 436. The molecule has 0 saturated carbocycles. The third kappa shape index (κ3) is 3.12. The zero-order valence-electron chi connectivity index (χ0n) is 7.58. The normalized spacial score (nSPS) is 11.2. The van der Waals surface area contributed by atoms with E-state index >= 15 is 0 Å². The van der Waals surface area contributed by atoms with Gasteiger partial charge in [-0.05, 0) is 18.2 Å². The largest absolute Gasteiger partial charge is 0.488 e. The SMILES string of the molecule is N#Cc1ccc(OCC(Cl)C#N)c(F)c1. The minimum Gasteiger partial charge on any atom is -0.488 e. The Labute approximate surface area is 91.3 Å². The maximum Gasteiger partial charge on any atom is 0.166 e. The van der Waals surface area contributed by atoms with Crippen molar-refractivity contribution >= 4 is 11.6 Å². The number of benzene rings is 1. The lowest BCUT2D eigenvalue weighted by Crippen LogP contribution is -2.09. The monoisotopic (exact) mass is 224 g/mol. The summed E-state index contributed by atoms with van der Waals surface area (Å²) in [7, 11) is 0. The minimum atomic E-state index is -0.819. The first-order valence-electron chi connectivity index (χ1n) is 4.03. The molecule has 0 heterocycles. The van der Waals surface area contributed by atoms with Crippen LogP contribution < -0.4 is 4.74 Å². The molecule has 1 aromatic rings. The standard InChI is InChI=1S/C10H6ClFN2O/c11-8(5-14)6-15-10-2-1-7(4-13)3-9(10)12/h1-3,8H,6H2. The summed E-state index contributed by atoms with van der Waals surface area (Å²) in [6, 6.07) is 7.35. The molecule has 1 atom stereocenters. The summed E-state index contributed by atoms with van der Waals surface area (Å²) < 4.78 is 18.1. The molecule has 3 nitrogen and oxygen atoms in total. The summed E-state index contributed by atoms with van der Waals surface area (Å²) in [5, 5.41) is 16.0. The fraction of sp³-hybridized carbons (Fsp3) is 0.200. The highest BCUT2D eigenvalue weighted by Gasteiger charge is 2.07. The van der Waals surface area contributed by atoms with Gasteiger partial charge in [0.05, 0.1) is 17.7 Å². The van der Waals surface area contributed by atoms with Gasteiger partial charge >= 0.3 is 0 Å². The number of nitriles is 2. The molecular weight excluding hydrogens is 219 g/mol. The van der Waals surface area contributed by atoms with Gasteiger partial charge in [-0.15, -0.1) is 11.6 Å². The molecular formula is C10H6ClFN2O. The molecule has 0 bridgehead atoms. The Morgan fingerprint density at radius 2 is 2.20 bits per heavy atom. The summed E-state index contributed by atoms with van der Waals surface area (Å²) in [5.74, 6) is -0.661. The van der Waals surface area contributed by atoms with E-state index in [1.54, 1.807) is 12.1 Å². The third-order valence-electron chi connectivity index (χ3n) is 1.59. The van der Waals surface area contributed by atoms with Gasteiger partial charge in [-0.1, -0.05) is 0 Å². The Morgan fingerprint density at radius 3 is 2.73 bits per heavy atom. The lowest BCUT2D eigenvalue weighted by molar-refractivity contribution is 0.311. The van der Waals surface area contributed by atoms with E-state index in [0.717, 1.165) is 6.07 Å². The highest BCUT2D eigenvalue weighted by molar-refractivity contribution is 6.22. The molecule has 15 heavy (non-hydrogen) atoms. The molecule has 0 spiro atoms. The summed E-state index contributed by atoms with van der Waals surface area (Å²) in [6.07, 6.45) is 0. The Hall–Kier alpha value is -1.78. The average Bonchev–Trinajstić information content (AvgIpc) is 2.26. The molecule has 0 amide bonds. The molecule has 76 valence electrons. The third-order valence-corrected chi connectivity index (χ3v) is 1.81. The van der Waals surface area contributed by atoms with Gasteiger partial charge in [-0.3, -0.25) is 0 Å². The van der Waals surface area contributed by atoms with E-state index in [1.165, 1.54) is 12.1 Å². The van der Waals surface area contributed by atoms with E-state index in [-0.39, 0.29) is 17.9 Å². The van der Waals surface area contributed by atoms with Gasteiger partial charge in [-0.2, -0.15) is 10.5 Å². The number of alkyl halides is 1. The lowest BCUT2D eigenvalue weighted by Gasteiger charge is -2.06. The number of rotatable bonds is 3. The van der Waals surface area contributed by atoms with Crippen LogP contribution in [0.3, 0.4) is 0 Å². The van der Waals surface area contributed by atoms with Gasteiger partial charge in [-0.25, -0.2) is 4.39 Å². The van der Waals surface area contributed by atoms with E-state index in [4.69, 9.17) is 26.9 Å². The molecule has 0 aliphatic rings. The van der Waals surface area contributed by atoms with Crippen LogP contribution in [-0.4, -0.2) is 12.0 Å². The topological polar surface area (TPSA) is 56.8 Å². The molecule has 0 N–H and O–H groups in total. The predicted octanol–water partition coefficient (Wildman–Crippen LogP) is 2.21. The zero-order valence-corrected chi connectivity index (χ0v) is 8.33. The van der Waals surface area contributed by atoms with Crippen molar-refractivity contribution in [1.29, 1.82) is 10.5 Å². The first kappa shape index (κ1) is 11.3.